The van der Waals surface area contributed by atoms with Crippen molar-refractivity contribution in [3.05, 3.63) is 34.1 Å². The molecule has 2 nitrogen and oxygen atoms in total. The van der Waals surface area contributed by atoms with Crippen molar-refractivity contribution in [1.29, 1.82) is 0 Å². The molecular formula is C13H16BrFO2. The smallest absolute Gasteiger partial charge is 0.127 e. The average molecular weight is 303 g/mol. The lowest BCUT2D eigenvalue weighted by molar-refractivity contribution is 0.0538. The lowest BCUT2D eigenvalue weighted by atomic mass is 10.0. The summed E-state index contributed by atoms with van der Waals surface area (Å²) in [6.45, 7) is 0.782. The molecule has 0 spiro atoms. The summed E-state index contributed by atoms with van der Waals surface area (Å²) in [6.07, 6.45) is 2.61. The normalized spacial score (nSPS) is 21.7. The van der Waals surface area contributed by atoms with E-state index < -0.39 is 6.10 Å². The van der Waals surface area contributed by atoms with Gasteiger partial charge >= 0.3 is 0 Å². The zero-order valence-corrected chi connectivity index (χ0v) is 11.1. The lowest BCUT2D eigenvalue weighted by Crippen LogP contribution is -2.19. The summed E-state index contributed by atoms with van der Waals surface area (Å²) in [5.74, 6) is -0.272. The standard InChI is InChI=1S/C13H16BrFO2/c14-10-4-3-9(13(15)7-10)6-11(16)8-12-2-1-5-17-12/h3-4,7,11-12,16H,1-2,5-6,8H2. The quantitative estimate of drug-likeness (QED) is 0.926. The van der Waals surface area contributed by atoms with E-state index in [1.54, 1.807) is 12.1 Å². The summed E-state index contributed by atoms with van der Waals surface area (Å²) in [5.41, 5.74) is 0.554. The Morgan fingerprint density at radius 3 is 3.00 bits per heavy atom. The summed E-state index contributed by atoms with van der Waals surface area (Å²) < 4.78 is 19.7. The first-order chi connectivity index (χ1) is 8.15. The fourth-order valence-corrected chi connectivity index (χ4v) is 2.49. The van der Waals surface area contributed by atoms with Crippen LogP contribution in [0.15, 0.2) is 22.7 Å². The summed E-state index contributed by atoms with van der Waals surface area (Å²) in [6, 6.07) is 4.92. The molecule has 1 aromatic rings. The number of ether oxygens (including phenoxy) is 1. The highest BCUT2D eigenvalue weighted by molar-refractivity contribution is 9.10. The van der Waals surface area contributed by atoms with Gasteiger partial charge in [0.25, 0.3) is 0 Å². The molecule has 0 aromatic heterocycles. The van der Waals surface area contributed by atoms with Gasteiger partial charge in [0, 0.05) is 17.5 Å². The number of aliphatic hydroxyl groups excluding tert-OH is 1. The van der Waals surface area contributed by atoms with Crippen molar-refractivity contribution in [2.75, 3.05) is 6.61 Å². The predicted octanol–water partition coefficient (Wildman–Crippen LogP) is 3.06. The van der Waals surface area contributed by atoms with Gasteiger partial charge in [-0.3, -0.25) is 0 Å². The number of hydrogen-bond acceptors (Lipinski definition) is 2. The molecule has 1 aliphatic rings. The van der Waals surface area contributed by atoms with Gasteiger partial charge in [0.05, 0.1) is 12.2 Å². The molecule has 1 N–H and O–H groups in total. The van der Waals surface area contributed by atoms with Gasteiger partial charge in [0.15, 0.2) is 0 Å². The Balaban J connectivity index is 1.90. The summed E-state index contributed by atoms with van der Waals surface area (Å²) >= 11 is 3.21. The van der Waals surface area contributed by atoms with Crippen molar-refractivity contribution in [3.63, 3.8) is 0 Å². The van der Waals surface area contributed by atoms with Crippen LogP contribution in [0.25, 0.3) is 0 Å². The molecule has 0 aliphatic carbocycles. The lowest BCUT2D eigenvalue weighted by Gasteiger charge is -2.15. The van der Waals surface area contributed by atoms with E-state index in [1.165, 1.54) is 6.07 Å². The molecule has 2 unspecified atom stereocenters. The van der Waals surface area contributed by atoms with Crippen LogP contribution in [0, 0.1) is 5.82 Å². The minimum Gasteiger partial charge on any atom is -0.393 e. The SMILES string of the molecule is OC(Cc1ccc(Br)cc1F)CC1CCCO1. The van der Waals surface area contributed by atoms with Crippen molar-refractivity contribution in [2.24, 2.45) is 0 Å². The number of hydrogen-bond donors (Lipinski definition) is 1. The van der Waals surface area contributed by atoms with Gasteiger partial charge in [0.1, 0.15) is 5.82 Å². The Morgan fingerprint density at radius 2 is 2.35 bits per heavy atom. The highest BCUT2D eigenvalue weighted by atomic mass is 79.9. The third-order valence-electron chi connectivity index (χ3n) is 3.03. The van der Waals surface area contributed by atoms with Crippen LogP contribution < -0.4 is 0 Å². The summed E-state index contributed by atoms with van der Waals surface area (Å²) in [4.78, 5) is 0. The first-order valence-electron chi connectivity index (χ1n) is 5.89. The molecule has 1 heterocycles. The second kappa shape index (κ2) is 5.94. The highest BCUT2D eigenvalue weighted by Gasteiger charge is 2.20. The van der Waals surface area contributed by atoms with Crippen LogP contribution in [0.3, 0.4) is 0 Å². The Labute approximate surface area is 109 Å². The number of aliphatic hydroxyl groups is 1. The number of benzene rings is 1. The maximum Gasteiger partial charge on any atom is 0.127 e. The highest BCUT2D eigenvalue weighted by Crippen LogP contribution is 2.21. The third kappa shape index (κ3) is 3.76. The van der Waals surface area contributed by atoms with E-state index in [4.69, 9.17) is 4.74 Å². The minimum atomic E-state index is -0.534. The zero-order valence-electron chi connectivity index (χ0n) is 9.53. The van der Waals surface area contributed by atoms with Crippen LogP contribution in [0.5, 0.6) is 0 Å². The van der Waals surface area contributed by atoms with Gasteiger partial charge in [-0.2, -0.15) is 0 Å². The second-order valence-electron chi connectivity index (χ2n) is 4.46. The molecule has 0 amide bonds. The van der Waals surface area contributed by atoms with E-state index in [0.717, 1.165) is 19.4 Å². The van der Waals surface area contributed by atoms with Crippen LogP contribution in [0.1, 0.15) is 24.8 Å². The molecule has 0 bridgehead atoms. The molecule has 17 heavy (non-hydrogen) atoms. The number of rotatable bonds is 4. The van der Waals surface area contributed by atoms with Gasteiger partial charge in [-0.25, -0.2) is 4.39 Å². The van der Waals surface area contributed by atoms with Gasteiger partial charge < -0.3 is 9.84 Å². The molecular weight excluding hydrogens is 287 g/mol. The van der Waals surface area contributed by atoms with E-state index in [1.807, 2.05) is 0 Å². The van der Waals surface area contributed by atoms with Crippen LogP contribution >= 0.6 is 15.9 Å². The van der Waals surface area contributed by atoms with Crippen molar-refractivity contribution in [1.82, 2.24) is 0 Å². The molecule has 4 heteroatoms. The van der Waals surface area contributed by atoms with E-state index >= 15 is 0 Å². The monoisotopic (exact) mass is 302 g/mol. The molecule has 1 aliphatic heterocycles. The molecule has 1 fully saturated rings. The van der Waals surface area contributed by atoms with Crippen LogP contribution in [0.4, 0.5) is 4.39 Å². The fraction of sp³-hybridized carbons (Fsp3) is 0.538. The topological polar surface area (TPSA) is 29.5 Å². The van der Waals surface area contributed by atoms with Crippen LogP contribution in [0.2, 0.25) is 0 Å². The first-order valence-corrected chi connectivity index (χ1v) is 6.68. The fourth-order valence-electron chi connectivity index (χ4n) is 2.16. The third-order valence-corrected chi connectivity index (χ3v) is 3.52. The Morgan fingerprint density at radius 1 is 1.53 bits per heavy atom. The molecule has 1 saturated heterocycles. The van der Waals surface area contributed by atoms with E-state index in [2.05, 4.69) is 15.9 Å². The second-order valence-corrected chi connectivity index (χ2v) is 5.38. The van der Waals surface area contributed by atoms with E-state index in [-0.39, 0.29) is 11.9 Å². The summed E-state index contributed by atoms with van der Waals surface area (Å²) in [7, 11) is 0. The van der Waals surface area contributed by atoms with Crippen molar-refractivity contribution in [2.45, 2.75) is 37.9 Å². The molecule has 2 atom stereocenters. The van der Waals surface area contributed by atoms with Crippen LogP contribution in [-0.4, -0.2) is 23.9 Å². The Kier molecular flexibility index (Phi) is 4.54. The van der Waals surface area contributed by atoms with Gasteiger partial charge in [-0.05, 0) is 37.0 Å². The molecule has 0 saturated carbocycles. The summed E-state index contributed by atoms with van der Waals surface area (Å²) in [5, 5.41) is 9.90. The number of halogens is 2. The Bertz CT molecular complexity index is 378. The van der Waals surface area contributed by atoms with Gasteiger partial charge in [-0.1, -0.05) is 22.0 Å². The molecule has 94 valence electrons. The first kappa shape index (κ1) is 13.0. The van der Waals surface area contributed by atoms with Gasteiger partial charge in [0.2, 0.25) is 0 Å². The van der Waals surface area contributed by atoms with Gasteiger partial charge in [-0.15, -0.1) is 0 Å². The predicted molar refractivity (Wildman–Crippen MR) is 67.4 cm³/mol. The molecule has 0 radical (unpaired) electrons. The largest absolute Gasteiger partial charge is 0.393 e. The maximum absolute atomic E-state index is 13.6. The van der Waals surface area contributed by atoms with Crippen LogP contribution in [-0.2, 0) is 11.2 Å². The van der Waals surface area contributed by atoms with E-state index in [9.17, 15) is 9.50 Å². The van der Waals surface area contributed by atoms with Crippen molar-refractivity contribution >= 4 is 15.9 Å². The maximum atomic E-state index is 13.6. The molecule has 1 aromatic carbocycles. The average Bonchev–Trinajstić information content (AvgIpc) is 2.75. The minimum absolute atomic E-state index is 0.142. The molecule has 2 rings (SSSR count). The van der Waals surface area contributed by atoms with Crippen molar-refractivity contribution < 1.29 is 14.2 Å². The van der Waals surface area contributed by atoms with Crippen molar-refractivity contribution in [3.8, 4) is 0 Å². The van der Waals surface area contributed by atoms with E-state index in [0.29, 0.717) is 22.9 Å². The zero-order chi connectivity index (χ0) is 12.3. The Hall–Kier alpha value is -0.450.